The molecule has 1 aromatic rings. The van der Waals surface area contributed by atoms with Crippen molar-refractivity contribution >= 4 is 11.4 Å². The van der Waals surface area contributed by atoms with Gasteiger partial charge in [-0.25, -0.2) is 0 Å². The number of hydrogen-bond donors (Lipinski definition) is 1. The van der Waals surface area contributed by atoms with Crippen LogP contribution in [0, 0.1) is 0 Å². The molecule has 0 aromatic heterocycles. The lowest BCUT2D eigenvalue weighted by atomic mass is 9.99. The van der Waals surface area contributed by atoms with Crippen LogP contribution in [0.15, 0.2) is 18.2 Å². The zero-order chi connectivity index (χ0) is 8.67. The van der Waals surface area contributed by atoms with E-state index in [1.54, 1.807) is 0 Å². The molecule has 3 rings (SSSR count). The highest BCUT2D eigenvalue weighted by Crippen LogP contribution is 2.36. The molecule has 1 N–H and O–H groups in total. The summed E-state index contributed by atoms with van der Waals surface area (Å²) < 4.78 is 0. The number of para-hydroxylation sites is 1. The lowest BCUT2D eigenvalue weighted by Gasteiger charge is -2.37. The summed E-state index contributed by atoms with van der Waals surface area (Å²) in [5.41, 5.74) is 4.33. The number of benzene rings is 1. The van der Waals surface area contributed by atoms with Gasteiger partial charge in [0, 0.05) is 19.6 Å². The van der Waals surface area contributed by atoms with Gasteiger partial charge in [-0.3, -0.25) is 0 Å². The van der Waals surface area contributed by atoms with E-state index in [0.717, 1.165) is 6.54 Å². The van der Waals surface area contributed by atoms with E-state index < -0.39 is 0 Å². The van der Waals surface area contributed by atoms with Crippen molar-refractivity contribution in [2.75, 3.05) is 29.9 Å². The molecule has 2 heteroatoms. The molecule has 0 atom stereocenters. The summed E-state index contributed by atoms with van der Waals surface area (Å²) in [6, 6.07) is 6.62. The summed E-state index contributed by atoms with van der Waals surface area (Å²) in [5.74, 6) is 0. The third-order valence-corrected chi connectivity index (χ3v) is 3.01. The number of rotatable bonds is 0. The lowest BCUT2D eigenvalue weighted by molar-refractivity contribution is 0.687. The zero-order valence-electron chi connectivity index (χ0n) is 7.71. The topological polar surface area (TPSA) is 15.3 Å². The van der Waals surface area contributed by atoms with Crippen LogP contribution < -0.4 is 10.2 Å². The summed E-state index contributed by atoms with van der Waals surface area (Å²) in [4.78, 5) is 2.52. The van der Waals surface area contributed by atoms with E-state index in [2.05, 4.69) is 28.4 Å². The number of hydrogen-bond acceptors (Lipinski definition) is 2. The second-order valence-electron chi connectivity index (χ2n) is 3.83. The van der Waals surface area contributed by atoms with Crippen LogP contribution >= 0.6 is 0 Å². The first kappa shape index (κ1) is 7.25. The molecule has 2 aliphatic rings. The first-order valence-electron chi connectivity index (χ1n) is 5.06. The third kappa shape index (κ3) is 1.01. The summed E-state index contributed by atoms with van der Waals surface area (Å²) in [6.07, 6.45) is 2.57. The second-order valence-corrected chi connectivity index (χ2v) is 3.83. The molecule has 0 aliphatic carbocycles. The fourth-order valence-corrected chi connectivity index (χ4v) is 2.43. The number of nitrogens with zero attached hydrogens (tertiary/aromatic N) is 1. The van der Waals surface area contributed by atoms with Crippen molar-refractivity contribution in [3.05, 3.63) is 23.8 Å². The maximum absolute atomic E-state index is 3.46. The molecule has 68 valence electrons. The Morgan fingerprint density at radius 3 is 3.23 bits per heavy atom. The van der Waals surface area contributed by atoms with Crippen LogP contribution in [-0.2, 0) is 6.42 Å². The van der Waals surface area contributed by atoms with E-state index in [1.165, 1.54) is 42.9 Å². The molecule has 0 amide bonds. The van der Waals surface area contributed by atoms with Gasteiger partial charge in [-0.1, -0.05) is 12.1 Å². The van der Waals surface area contributed by atoms with Gasteiger partial charge in [0.25, 0.3) is 0 Å². The number of nitrogens with one attached hydrogen (secondary N) is 1. The zero-order valence-corrected chi connectivity index (χ0v) is 7.71. The molecule has 0 bridgehead atoms. The molecular formula is C11H14N2. The first-order valence-corrected chi connectivity index (χ1v) is 5.06. The van der Waals surface area contributed by atoms with Gasteiger partial charge in [0.1, 0.15) is 0 Å². The minimum atomic E-state index is 1.09. The van der Waals surface area contributed by atoms with Crippen LogP contribution in [0.2, 0.25) is 0 Å². The molecule has 0 spiro atoms. The smallest absolute Gasteiger partial charge is 0.0635 e. The molecule has 0 unspecified atom stereocenters. The third-order valence-electron chi connectivity index (χ3n) is 3.01. The molecule has 0 saturated heterocycles. The summed E-state index contributed by atoms with van der Waals surface area (Å²) in [7, 11) is 0. The van der Waals surface area contributed by atoms with E-state index in [1.807, 2.05) is 0 Å². The van der Waals surface area contributed by atoms with Crippen molar-refractivity contribution in [1.82, 2.24) is 0 Å². The molecule has 1 aromatic carbocycles. The summed E-state index contributed by atoms with van der Waals surface area (Å²) in [6.45, 7) is 3.51. The first-order chi connectivity index (χ1) is 6.45. The SMILES string of the molecule is c1cc2c3c(c1)NCCN3CCC2. The van der Waals surface area contributed by atoms with Crippen LogP contribution in [0.1, 0.15) is 12.0 Å². The van der Waals surface area contributed by atoms with Crippen molar-refractivity contribution < 1.29 is 0 Å². The molecule has 2 nitrogen and oxygen atoms in total. The normalized spacial score (nSPS) is 19.2. The van der Waals surface area contributed by atoms with Crippen LogP contribution in [0.25, 0.3) is 0 Å². The van der Waals surface area contributed by atoms with Crippen LogP contribution in [0.4, 0.5) is 11.4 Å². The molecule has 0 fully saturated rings. The van der Waals surface area contributed by atoms with Gasteiger partial charge < -0.3 is 10.2 Å². The van der Waals surface area contributed by atoms with Gasteiger partial charge in [0.2, 0.25) is 0 Å². The minimum Gasteiger partial charge on any atom is -0.382 e. The highest BCUT2D eigenvalue weighted by molar-refractivity contribution is 5.76. The van der Waals surface area contributed by atoms with E-state index in [0.29, 0.717) is 0 Å². The maximum atomic E-state index is 3.46. The van der Waals surface area contributed by atoms with E-state index >= 15 is 0 Å². The lowest BCUT2D eigenvalue weighted by Crippen LogP contribution is -2.37. The molecule has 0 saturated carbocycles. The van der Waals surface area contributed by atoms with Crippen molar-refractivity contribution in [3.63, 3.8) is 0 Å². The quantitative estimate of drug-likeness (QED) is 0.646. The van der Waals surface area contributed by atoms with Crippen molar-refractivity contribution in [2.24, 2.45) is 0 Å². The van der Waals surface area contributed by atoms with Crippen LogP contribution in [0.3, 0.4) is 0 Å². The van der Waals surface area contributed by atoms with Gasteiger partial charge >= 0.3 is 0 Å². The Hall–Kier alpha value is -1.18. The second kappa shape index (κ2) is 2.66. The van der Waals surface area contributed by atoms with Crippen molar-refractivity contribution in [1.29, 1.82) is 0 Å². The van der Waals surface area contributed by atoms with Gasteiger partial charge in [-0.05, 0) is 24.5 Å². The Labute approximate surface area is 78.6 Å². The van der Waals surface area contributed by atoms with Gasteiger partial charge in [-0.15, -0.1) is 0 Å². The highest BCUT2D eigenvalue weighted by Gasteiger charge is 2.22. The molecule has 13 heavy (non-hydrogen) atoms. The highest BCUT2D eigenvalue weighted by atomic mass is 15.2. The average Bonchev–Trinajstić information content (AvgIpc) is 2.19. The monoisotopic (exact) mass is 174 g/mol. The predicted octanol–water partition coefficient (Wildman–Crippen LogP) is 1.86. The van der Waals surface area contributed by atoms with Gasteiger partial charge in [-0.2, -0.15) is 0 Å². The predicted molar refractivity (Wildman–Crippen MR) is 55.5 cm³/mol. The fraction of sp³-hybridized carbons (Fsp3) is 0.455. The van der Waals surface area contributed by atoms with Crippen LogP contribution in [0.5, 0.6) is 0 Å². The van der Waals surface area contributed by atoms with Gasteiger partial charge in [0.05, 0.1) is 11.4 Å². The van der Waals surface area contributed by atoms with E-state index in [9.17, 15) is 0 Å². The summed E-state index contributed by atoms with van der Waals surface area (Å²) in [5, 5.41) is 3.46. The van der Waals surface area contributed by atoms with Crippen molar-refractivity contribution in [2.45, 2.75) is 12.8 Å². The van der Waals surface area contributed by atoms with Crippen molar-refractivity contribution in [3.8, 4) is 0 Å². The Morgan fingerprint density at radius 2 is 2.23 bits per heavy atom. The largest absolute Gasteiger partial charge is 0.382 e. The van der Waals surface area contributed by atoms with E-state index in [4.69, 9.17) is 0 Å². The Bertz CT molecular complexity index is 305. The molecular weight excluding hydrogens is 160 g/mol. The Morgan fingerprint density at radius 1 is 1.23 bits per heavy atom. The number of aryl methyl sites for hydroxylation is 1. The molecule has 2 aliphatic heterocycles. The number of anilines is 2. The molecule has 2 heterocycles. The van der Waals surface area contributed by atoms with Crippen LogP contribution in [-0.4, -0.2) is 19.6 Å². The Kier molecular flexibility index (Phi) is 1.48. The fourth-order valence-electron chi connectivity index (χ4n) is 2.43. The Balaban J connectivity index is 2.18. The van der Waals surface area contributed by atoms with Gasteiger partial charge in [0.15, 0.2) is 0 Å². The van der Waals surface area contributed by atoms with E-state index in [-0.39, 0.29) is 0 Å². The standard InChI is InChI=1S/C11H14N2/c1-3-9-4-2-7-13-8-6-12-10(5-1)11(9)13/h1,3,5,12H,2,4,6-8H2. The maximum Gasteiger partial charge on any atom is 0.0635 e. The average molecular weight is 174 g/mol. The molecule has 0 radical (unpaired) electrons. The summed E-state index contributed by atoms with van der Waals surface area (Å²) >= 11 is 0. The minimum absolute atomic E-state index is 1.09.